The first-order chi connectivity index (χ1) is 15.5. The number of carbonyl (C=O) groups is 2. The van der Waals surface area contributed by atoms with E-state index in [9.17, 15) is 9.59 Å². The monoisotopic (exact) mass is 428 g/mol. The van der Waals surface area contributed by atoms with Gasteiger partial charge >= 0.3 is 0 Å². The highest BCUT2D eigenvalue weighted by Crippen LogP contribution is 2.18. The number of nitrogens with one attached hydrogen (secondary N) is 1. The second kappa shape index (κ2) is 11.3. The minimum absolute atomic E-state index is 0.0490. The summed E-state index contributed by atoms with van der Waals surface area (Å²) in [6, 6.07) is 25.3. The van der Waals surface area contributed by atoms with Gasteiger partial charge in [0.15, 0.2) is 0 Å². The number of nitrogens with zero attached hydrogens (tertiary/aromatic N) is 1. The summed E-state index contributed by atoms with van der Waals surface area (Å²) in [4.78, 5) is 28.5. The molecule has 0 saturated carbocycles. The van der Waals surface area contributed by atoms with Gasteiger partial charge in [0.25, 0.3) is 0 Å². The van der Waals surface area contributed by atoms with Crippen LogP contribution in [-0.2, 0) is 29.0 Å². The van der Waals surface area contributed by atoms with E-state index in [-0.39, 0.29) is 18.2 Å². The van der Waals surface area contributed by atoms with Gasteiger partial charge in [0, 0.05) is 19.5 Å². The second-order valence-electron chi connectivity index (χ2n) is 8.21. The summed E-state index contributed by atoms with van der Waals surface area (Å²) < 4.78 is 0. The van der Waals surface area contributed by atoms with Crippen LogP contribution in [0, 0.1) is 13.8 Å². The number of benzene rings is 3. The molecule has 166 valence electrons. The fourth-order valence-corrected chi connectivity index (χ4v) is 3.81. The van der Waals surface area contributed by atoms with Crippen LogP contribution < -0.4 is 5.32 Å². The maximum atomic E-state index is 13.6. The molecule has 32 heavy (non-hydrogen) atoms. The fourth-order valence-electron chi connectivity index (χ4n) is 3.81. The Balaban J connectivity index is 1.95. The van der Waals surface area contributed by atoms with E-state index < -0.39 is 6.04 Å². The van der Waals surface area contributed by atoms with Gasteiger partial charge in [-0.1, -0.05) is 84.4 Å². The highest BCUT2D eigenvalue weighted by molar-refractivity contribution is 5.88. The van der Waals surface area contributed by atoms with Gasteiger partial charge in [-0.05, 0) is 43.0 Å². The molecule has 0 fully saturated rings. The minimum Gasteiger partial charge on any atom is -0.355 e. The molecule has 0 aromatic heterocycles. The topological polar surface area (TPSA) is 49.4 Å². The van der Waals surface area contributed by atoms with Gasteiger partial charge in [0.2, 0.25) is 11.8 Å². The van der Waals surface area contributed by atoms with Gasteiger partial charge in [-0.3, -0.25) is 9.59 Å². The van der Waals surface area contributed by atoms with Crippen molar-refractivity contribution >= 4 is 11.8 Å². The summed E-state index contributed by atoms with van der Waals surface area (Å²) in [5.74, 6) is -0.173. The summed E-state index contributed by atoms with van der Waals surface area (Å²) in [5, 5.41) is 2.94. The van der Waals surface area contributed by atoms with E-state index in [0.29, 0.717) is 19.5 Å². The average molecular weight is 429 g/mol. The van der Waals surface area contributed by atoms with E-state index in [1.54, 1.807) is 4.90 Å². The smallest absolute Gasteiger partial charge is 0.243 e. The number of likely N-dealkylation sites (N-methyl/N-ethyl adjacent to an activating group) is 1. The average Bonchev–Trinajstić information content (AvgIpc) is 2.79. The van der Waals surface area contributed by atoms with E-state index in [4.69, 9.17) is 0 Å². The molecule has 0 aliphatic rings. The number of rotatable bonds is 9. The third kappa shape index (κ3) is 6.30. The number of aryl methyl sites for hydroxylation is 2. The lowest BCUT2D eigenvalue weighted by atomic mass is 10.00. The van der Waals surface area contributed by atoms with Gasteiger partial charge in [-0.15, -0.1) is 0 Å². The molecule has 1 atom stereocenters. The first kappa shape index (κ1) is 23.3. The van der Waals surface area contributed by atoms with Crippen LogP contribution in [0.1, 0.15) is 34.7 Å². The quantitative estimate of drug-likeness (QED) is 0.541. The molecule has 0 heterocycles. The Morgan fingerprint density at radius 2 is 1.50 bits per heavy atom. The van der Waals surface area contributed by atoms with Crippen LogP contribution in [-0.4, -0.2) is 29.3 Å². The molecule has 4 heteroatoms. The number of carbonyl (C=O) groups excluding carboxylic acids is 2. The van der Waals surface area contributed by atoms with Gasteiger partial charge in [0.1, 0.15) is 6.04 Å². The van der Waals surface area contributed by atoms with Gasteiger partial charge < -0.3 is 10.2 Å². The van der Waals surface area contributed by atoms with Crippen molar-refractivity contribution in [2.24, 2.45) is 0 Å². The van der Waals surface area contributed by atoms with E-state index in [2.05, 4.69) is 5.32 Å². The molecule has 0 bridgehead atoms. The Hall–Kier alpha value is -3.40. The molecule has 0 radical (unpaired) electrons. The van der Waals surface area contributed by atoms with Crippen molar-refractivity contribution in [1.82, 2.24) is 10.2 Å². The predicted octanol–water partition coefficient (Wildman–Crippen LogP) is 4.62. The van der Waals surface area contributed by atoms with Gasteiger partial charge in [0.05, 0.1) is 6.42 Å². The zero-order valence-electron chi connectivity index (χ0n) is 19.2. The molecule has 0 aliphatic heterocycles. The van der Waals surface area contributed by atoms with Crippen molar-refractivity contribution < 1.29 is 9.59 Å². The van der Waals surface area contributed by atoms with Crippen LogP contribution in [0.4, 0.5) is 0 Å². The summed E-state index contributed by atoms with van der Waals surface area (Å²) >= 11 is 0. The number of hydrogen-bond donors (Lipinski definition) is 1. The zero-order chi connectivity index (χ0) is 22.9. The third-order valence-corrected chi connectivity index (χ3v) is 5.70. The fraction of sp³-hybridized carbons (Fsp3) is 0.286. The van der Waals surface area contributed by atoms with Crippen LogP contribution in [0.25, 0.3) is 0 Å². The molecular formula is C28H32N2O2. The molecule has 0 unspecified atom stereocenters. The highest BCUT2D eigenvalue weighted by atomic mass is 16.2. The zero-order valence-corrected chi connectivity index (χ0v) is 19.2. The van der Waals surface area contributed by atoms with Gasteiger partial charge in [-0.2, -0.15) is 0 Å². The molecule has 2 amide bonds. The minimum atomic E-state index is -0.588. The van der Waals surface area contributed by atoms with Crippen molar-refractivity contribution in [2.75, 3.05) is 6.54 Å². The lowest BCUT2D eigenvalue weighted by molar-refractivity contribution is -0.140. The third-order valence-electron chi connectivity index (χ3n) is 5.70. The van der Waals surface area contributed by atoms with Crippen LogP contribution in [0.2, 0.25) is 0 Å². The summed E-state index contributed by atoms with van der Waals surface area (Å²) in [7, 11) is 0. The molecule has 3 rings (SSSR count). The van der Waals surface area contributed by atoms with E-state index >= 15 is 0 Å². The first-order valence-electron chi connectivity index (χ1n) is 11.2. The van der Waals surface area contributed by atoms with Crippen LogP contribution >= 0.6 is 0 Å². The molecule has 1 N–H and O–H groups in total. The molecular weight excluding hydrogens is 396 g/mol. The standard InChI is InChI=1S/C28H32N2O2/c1-4-29-28(32)26(18-23-11-6-5-7-12-23)30(20-24-16-14-21(2)15-17-24)27(31)19-25-13-9-8-10-22(25)3/h5-17,26H,4,18-20H2,1-3H3,(H,29,32)/t26-/m0/s1. The molecule has 4 nitrogen and oxygen atoms in total. The van der Waals surface area contributed by atoms with Crippen LogP contribution in [0.5, 0.6) is 0 Å². The van der Waals surface area contributed by atoms with Crippen LogP contribution in [0.15, 0.2) is 78.9 Å². The molecule has 3 aromatic rings. The summed E-state index contributed by atoms with van der Waals surface area (Å²) in [6.45, 7) is 6.86. The molecule has 0 spiro atoms. The van der Waals surface area contributed by atoms with Crippen molar-refractivity contribution in [1.29, 1.82) is 0 Å². The molecule has 0 saturated heterocycles. The Kier molecular flexibility index (Phi) is 8.20. The number of hydrogen-bond acceptors (Lipinski definition) is 2. The lowest BCUT2D eigenvalue weighted by Gasteiger charge is -2.32. The van der Waals surface area contributed by atoms with Crippen molar-refractivity contribution in [3.05, 3.63) is 107 Å². The SMILES string of the molecule is CCNC(=O)[C@H](Cc1ccccc1)N(Cc1ccc(C)cc1)C(=O)Cc1ccccc1C. The predicted molar refractivity (Wildman–Crippen MR) is 129 cm³/mol. The van der Waals surface area contributed by atoms with E-state index in [1.807, 2.05) is 99.6 Å². The van der Waals surface area contributed by atoms with Crippen LogP contribution in [0.3, 0.4) is 0 Å². The Morgan fingerprint density at radius 3 is 2.16 bits per heavy atom. The van der Waals surface area contributed by atoms with E-state index in [0.717, 1.165) is 27.8 Å². The van der Waals surface area contributed by atoms with E-state index in [1.165, 1.54) is 0 Å². The highest BCUT2D eigenvalue weighted by Gasteiger charge is 2.30. The lowest BCUT2D eigenvalue weighted by Crippen LogP contribution is -2.51. The Morgan fingerprint density at radius 1 is 0.844 bits per heavy atom. The Labute approximate surface area is 191 Å². The maximum absolute atomic E-state index is 13.6. The van der Waals surface area contributed by atoms with Crippen molar-refractivity contribution in [2.45, 2.75) is 46.2 Å². The van der Waals surface area contributed by atoms with Gasteiger partial charge in [-0.25, -0.2) is 0 Å². The largest absolute Gasteiger partial charge is 0.355 e. The molecule has 3 aromatic carbocycles. The van der Waals surface area contributed by atoms with Crippen molar-refractivity contribution in [3.8, 4) is 0 Å². The van der Waals surface area contributed by atoms with Crippen molar-refractivity contribution in [3.63, 3.8) is 0 Å². The summed E-state index contributed by atoms with van der Waals surface area (Å²) in [5.41, 5.74) is 5.27. The maximum Gasteiger partial charge on any atom is 0.243 e. The second-order valence-corrected chi connectivity index (χ2v) is 8.21. The molecule has 0 aliphatic carbocycles. The first-order valence-corrected chi connectivity index (χ1v) is 11.2. The Bertz CT molecular complexity index is 1030. The number of amides is 2. The normalized spacial score (nSPS) is 11.6. The summed E-state index contributed by atoms with van der Waals surface area (Å²) in [6.07, 6.45) is 0.737.